The SMILES string of the molecule is O=C(O)CN1C(=O)[C@@H]2[C@@H]3C[C@H]([C@H]4Sc5[nH]c(=O)sc5[C@H](c5cccs5)[C@H]34)[C@@H]2C1=O. The van der Waals surface area contributed by atoms with Gasteiger partial charge in [0.25, 0.3) is 0 Å². The maximum atomic E-state index is 13.0. The predicted molar refractivity (Wildman–Crippen MR) is 107 cm³/mol. The number of thiophene rings is 1. The molecule has 150 valence electrons. The van der Waals surface area contributed by atoms with Gasteiger partial charge >= 0.3 is 10.8 Å². The highest BCUT2D eigenvalue weighted by molar-refractivity contribution is 8.00. The number of H-pyrrole nitrogens is 1. The Hall–Kier alpha value is -1.91. The predicted octanol–water partition coefficient (Wildman–Crippen LogP) is 2.06. The van der Waals surface area contributed by atoms with E-state index in [0.29, 0.717) is 0 Å². The van der Waals surface area contributed by atoms with E-state index in [-0.39, 0.29) is 45.6 Å². The summed E-state index contributed by atoms with van der Waals surface area (Å²) in [5, 5.41) is 12.2. The van der Waals surface area contributed by atoms with E-state index < -0.39 is 24.3 Å². The fraction of sp³-hybridized carbons (Fsp3) is 0.474. The van der Waals surface area contributed by atoms with Crippen LogP contribution in [0.1, 0.15) is 22.1 Å². The molecule has 4 heterocycles. The van der Waals surface area contributed by atoms with Gasteiger partial charge < -0.3 is 10.1 Å². The third kappa shape index (κ3) is 2.30. The first kappa shape index (κ1) is 17.9. The first-order valence-electron chi connectivity index (χ1n) is 9.45. The first-order chi connectivity index (χ1) is 14.0. The monoisotopic (exact) mass is 448 g/mol. The summed E-state index contributed by atoms with van der Waals surface area (Å²) in [5.74, 6) is -2.36. The molecule has 29 heavy (non-hydrogen) atoms. The summed E-state index contributed by atoms with van der Waals surface area (Å²) in [6.45, 7) is -0.554. The van der Waals surface area contributed by atoms with Crippen molar-refractivity contribution < 1.29 is 19.5 Å². The molecule has 0 spiro atoms. The van der Waals surface area contributed by atoms with Crippen molar-refractivity contribution in [2.24, 2.45) is 29.6 Å². The van der Waals surface area contributed by atoms with Crippen LogP contribution in [0.4, 0.5) is 0 Å². The number of nitrogens with one attached hydrogen (secondary N) is 1. The van der Waals surface area contributed by atoms with Gasteiger partial charge in [-0.3, -0.25) is 24.1 Å². The maximum Gasteiger partial charge on any atom is 0.323 e. The number of aliphatic carboxylic acids is 1. The minimum Gasteiger partial charge on any atom is -0.480 e. The van der Waals surface area contributed by atoms with E-state index in [2.05, 4.69) is 11.1 Å². The number of hydrogen-bond donors (Lipinski definition) is 2. The highest BCUT2D eigenvalue weighted by Crippen LogP contribution is 2.68. The van der Waals surface area contributed by atoms with Gasteiger partial charge in [0.05, 0.1) is 16.9 Å². The van der Waals surface area contributed by atoms with Gasteiger partial charge in [0.2, 0.25) is 11.8 Å². The van der Waals surface area contributed by atoms with Crippen LogP contribution in [-0.4, -0.2) is 44.6 Å². The zero-order valence-corrected chi connectivity index (χ0v) is 17.4. The normalized spacial score (nSPS) is 37.0. The lowest BCUT2D eigenvalue weighted by Gasteiger charge is -2.42. The molecule has 2 saturated carbocycles. The molecule has 2 amide bonds. The Balaban J connectivity index is 1.45. The van der Waals surface area contributed by atoms with Crippen LogP contribution in [0.25, 0.3) is 0 Å². The molecule has 3 fully saturated rings. The van der Waals surface area contributed by atoms with Crippen LogP contribution in [0.2, 0.25) is 0 Å². The summed E-state index contributed by atoms with van der Waals surface area (Å²) in [7, 11) is 0. The van der Waals surface area contributed by atoms with Crippen molar-refractivity contribution in [3.63, 3.8) is 0 Å². The second-order valence-electron chi connectivity index (χ2n) is 8.13. The number of likely N-dealkylation sites (tertiary alicyclic amines) is 1. The topological polar surface area (TPSA) is 108 Å². The highest BCUT2D eigenvalue weighted by Gasteiger charge is 2.69. The number of imide groups is 1. The lowest BCUT2D eigenvalue weighted by Crippen LogP contribution is -2.42. The number of aromatic amines is 1. The number of rotatable bonds is 3. The van der Waals surface area contributed by atoms with Crippen molar-refractivity contribution in [3.8, 4) is 0 Å². The molecule has 0 aromatic carbocycles. The van der Waals surface area contributed by atoms with Gasteiger partial charge in [-0.15, -0.1) is 23.1 Å². The number of fused-ring (bicyclic) bond motifs is 9. The molecule has 7 nitrogen and oxygen atoms in total. The van der Waals surface area contributed by atoms with Crippen molar-refractivity contribution in [2.75, 3.05) is 6.54 Å². The van der Waals surface area contributed by atoms with Gasteiger partial charge in [-0.05, 0) is 35.6 Å². The van der Waals surface area contributed by atoms with Gasteiger partial charge in [-0.25, -0.2) is 0 Å². The lowest BCUT2D eigenvalue weighted by molar-refractivity contribution is -0.149. The van der Waals surface area contributed by atoms with Crippen LogP contribution in [0.5, 0.6) is 0 Å². The molecule has 2 aliphatic carbocycles. The number of hydrogen-bond acceptors (Lipinski definition) is 7. The van der Waals surface area contributed by atoms with Crippen LogP contribution in [-0.2, 0) is 14.4 Å². The zero-order valence-electron chi connectivity index (χ0n) is 14.9. The number of thioether (sulfide) groups is 1. The molecular weight excluding hydrogens is 432 g/mol. The molecule has 4 aliphatic rings. The molecule has 2 bridgehead atoms. The summed E-state index contributed by atoms with van der Waals surface area (Å²) in [6.07, 6.45) is 0.817. The Morgan fingerprint density at radius 2 is 1.97 bits per heavy atom. The fourth-order valence-electron chi connectivity index (χ4n) is 6.16. The van der Waals surface area contributed by atoms with Crippen molar-refractivity contribution in [1.29, 1.82) is 0 Å². The number of carboxylic acid groups (broad SMARTS) is 1. The van der Waals surface area contributed by atoms with E-state index in [4.69, 9.17) is 5.11 Å². The Morgan fingerprint density at radius 1 is 1.21 bits per heavy atom. The molecule has 10 heteroatoms. The summed E-state index contributed by atoms with van der Waals surface area (Å²) in [5.41, 5.74) is 0. The third-order valence-corrected chi connectivity index (χ3v) is 10.5. The minimum atomic E-state index is -1.16. The molecule has 2 aliphatic heterocycles. The average molecular weight is 449 g/mol. The highest BCUT2D eigenvalue weighted by atomic mass is 32.2. The number of aromatic nitrogens is 1. The quantitative estimate of drug-likeness (QED) is 0.696. The summed E-state index contributed by atoms with van der Waals surface area (Å²) < 4.78 is 0. The number of thiazole rings is 1. The van der Waals surface area contributed by atoms with E-state index in [1.165, 1.54) is 16.2 Å². The Kier molecular flexibility index (Phi) is 3.74. The van der Waals surface area contributed by atoms with Gasteiger partial charge in [-0.2, -0.15) is 0 Å². The van der Waals surface area contributed by atoms with Crippen LogP contribution in [0.3, 0.4) is 0 Å². The van der Waals surface area contributed by atoms with E-state index >= 15 is 0 Å². The largest absolute Gasteiger partial charge is 0.480 e. The standard InChI is InChI=1S/C19H16N2O5S3/c22-9(23)5-21-17(24)11-6-4-7(12(11)18(21)25)14-10(6)13(8-2-1-3-27-8)15-16(28-14)20-19(26)29-15/h1-3,6-7,10-14H,4-5H2,(H,20,26)(H,22,23)/t6-,7+,10+,11-,12+,13-,14-/m1/s1. The molecule has 2 aromatic rings. The van der Waals surface area contributed by atoms with Crippen molar-refractivity contribution in [1.82, 2.24) is 9.88 Å². The minimum absolute atomic E-state index is 0.0364. The maximum absolute atomic E-state index is 13.0. The smallest absolute Gasteiger partial charge is 0.323 e. The van der Waals surface area contributed by atoms with Crippen LogP contribution in [0.15, 0.2) is 27.3 Å². The van der Waals surface area contributed by atoms with Crippen LogP contribution >= 0.6 is 34.4 Å². The number of carbonyl (C=O) groups excluding carboxylic acids is 2. The van der Waals surface area contributed by atoms with E-state index in [9.17, 15) is 19.2 Å². The van der Waals surface area contributed by atoms with Crippen molar-refractivity contribution in [3.05, 3.63) is 36.9 Å². The van der Waals surface area contributed by atoms with Gasteiger partial charge in [0.1, 0.15) is 6.54 Å². The summed E-state index contributed by atoms with van der Waals surface area (Å²) in [4.78, 5) is 55.3. The third-order valence-electron chi connectivity index (χ3n) is 6.96. The Labute approximate surface area is 177 Å². The second-order valence-corrected chi connectivity index (χ2v) is 11.3. The van der Waals surface area contributed by atoms with Crippen LogP contribution in [0, 0.1) is 29.6 Å². The number of nitrogens with zero attached hydrogens (tertiary/aromatic N) is 1. The number of amides is 2. The number of carbonyl (C=O) groups is 3. The Morgan fingerprint density at radius 3 is 2.66 bits per heavy atom. The zero-order chi connectivity index (χ0) is 20.0. The van der Waals surface area contributed by atoms with Gasteiger partial charge in [0.15, 0.2) is 0 Å². The Bertz CT molecular complexity index is 1110. The van der Waals surface area contributed by atoms with Gasteiger partial charge in [0, 0.05) is 20.9 Å². The molecule has 1 saturated heterocycles. The first-order valence-corrected chi connectivity index (χ1v) is 12.0. The lowest BCUT2D eigenvalue weighted by atomic mass is 9.69. The molecule has 6 rings (SSSR count). The van der Waals surface area contributed by atoms with Gasteiger partial charge in [-0.1, -0.05) is 17.4 Å². The fourth-order valence-corrected chi connectivity index (χ4v) is 10.0. The van der Waals surface area contributed by atoms with Crippen LogP contribution < -0.4 is 4.87 Å². The molecular formula is C19H16N2O5S3. The van der Waals surface area contributed by atoms with E-state index in [1.807, 2.05) is 11.4 Å². The summed E-state index contributed by atoms with van der Waals surface area (Å²) >= 11 is 4.54. The number of carboxylic acids is 1. The van der Waals surface area contributed by atoms with E-state index in [0.717, 1.165) is 21.2 Å². The van der Waals surface area contributed by atoms with E-state index in [1.54, 1.807) is 23.1 Å². The summed E-state index contributed by atoms with van der Waals surface area (Å²) in [6, 6.07) is 4.08. The molecule has 2 N–H and O–H groups in total. The molecule has 0 unspecified atom stereocenters. The average Bonchev–Trinajstić information content (AvgIpc) is 3.45. The molecule has 2 aromatic heterocycles. The van der Waals surface area contributed by atoms with Crippen molar-refractivity contribution >= 4 is 52.2 Å². The molecule has 0 radical (unpaired) electrons. The van der Waals surface area contributed by atoms with Crippen molar-refractivity contribution in [2.45, 2.75) is 22.6 Å². The second kappa shape index (κ2) is 6.05. The molecule has 7 atom stereocenters.